The fraction of sp³-hybridized carbons (Fsp3) is 0.167. The van der Waals surface area contributed by atoms with Crippen LogP contribution in [0, 0.1) is 0 Å². The molecule has 2 aromatic rings. The lowest BCUT2D eigenvalue weighted by atomic mass is 10.1. The van der Waals surface area contributed by atoms with E-state index in [1.54, 1.807) is 0 Å². The van der Waals surface area contributed by atoms with Gasteiger partial charge in [0, 0.05) is 17.8 Å². The van der Waals surface area contributed by atoms with Gasteiger partial charge < -0.3 is 4.74 Å². The summed E-state index contributed by atoms with van der Waals surface area (Å²) >= 11 is 11.3. The van der Waals surface area contributed by atoms with Crippen molar-refractivity contribution >= 4 is 23.2 Å². The third-order valence-electron chi connectivity index (χ3n) is 2.36. The maximum Gasteiger partial charge on any atom is 0.417 e. The van der Waals surface area contributed by atoms with Crippen LogP contribution in [0.5, 0.6) is 5.88 Å². The van der Waals surface area contributed by atoms with Crippen LogP contribution in [0.25, 0.3) is 0 Å². The molecule has 1 heterocycles. The maximum atomic E-state index is 12.7. The van der Waals surface area contributed by atoms with Crippen LogP contribution in [-0.4, -0.2) is 9.97 Å². The van der Waals surface area contributed by atoms with Gasteiger partial charge in [0.05, 0.1) is 10.6 Å². The molecule has 0 aliphatic rings. The Bertz CT molecular complexity index is 620. The molecule has 1 aromatic carbocycles. The normalized spacial score (nSPS) is 11.4. The highest BCUT2D eigenvalue weighted by Crippen LogP contribution is 2.36. The minimum absolute atomic E-state index is 0.0161. The molecule has 0 aliphatic heterocycles. The zero-order chi connectivity index (χ0) is 14.8. The lowest BCUT2D eigenvalue weighted by Gasteiger charge is -2.12. The van der Waals surface area contributed by atoms with E-state index in [0.717, 1.165) is 6.07 Å². The van der Waals surface area contributed by atoms with Crippen molar-refractivity contribution in [1.82, 2.24) is 9.97 Å². The Kier molecular flexibility index (Phi) is 4.35. The molecule has 0 unspecified atom stereocenters. The number of alkyl halides is 3. The Labute approximate surface area is 122 Å². The Balaban J connectivity index is 2.18. The van der Waals surface area contributed by atoms with Crippen molar-refractivity contribution in [2.45, 2.75) is 12.8 Å². The summed E-state index contributed by atoms with van der Waals surface area (Å²) in [5, 5.41) is -0.405. The van der Waals surface area contributed by atoms with Crippen molar-refractivity contribution in [3.05, 3.63) is 51.9 Å². The van der Waals surface area contributed by atoms with E-state index in [4.69, 9.17) is 27.9 Å². The van der Waals surface area contributed by atoms with E-state index in [2.05, 4.69) is 9.97 Å². The first-order valence-corrected chi connectivity index (χ1v) is 6.09. The van der Waals surface area contributed by atoms with Crippen molar-refractivity contribution in [2.24, 2.45) is 0 Å². The number of hydrogen-bond acceptors (Lipinski definition) is 3. The molecule has 0 aliphatic carbocycles. The molecular formula is C12H7Cl2F3N2O. The van der Waals surface area contributed by atoms with Crippen LogP contribution >= 0.6 is 23.2 Å². The highest BCUT2D eigenvalue weighted by Gasteiger charge is 2.33. The topological polar surface area (TPSA) is 35.0 Å². The van der Waals surface area contributed by atoms with Gasteiger partial charge in [-0.05, 0) is 17.7 Å². The number of halogens is 5. The number of ether oxygens (including phenoxy) is 1. The zero-order valence-corrected chi connectivity index (χ0v) is 11.3. The molecule has 0 N–H and O–H groups in total. The van der Waals surface area contributed by atoms with Crippen LogP contribution in [0.1, 0.15) is 11.1 Å². The average Bonchev–Trinajstić information content (AvgIpc) is 2.36. The van der Waals surface area contributed by atoms with Gasteiger partial charge >= 0.3 is 6.18 Å². The van der Waals surface area contributed by atoms with Gasteiger partial charge in [0.15, 0.2) is 0 Å². The second-order valence-electron chi connectivity index (χ2n) is 3.73. The summed E-state index contributed by atoms with van der Waals surface area (Å²) in [7, 11) is 0. The number of rotatable bonds is 3. The Morgan fingerprint density at radius 2 is 1.90 bits per heavy atom. The van der Waals surface area contributed by atoms with Gasteiger partial charge in [0.1, 0.15) is 6.61 Å². The van der Waals surface area contributed by atoms with E-state index in [9.17, 15) is 13.2 Å². The first-order valence-electron chi connectivity index (χ1n) is 5.34. The van der Waals surface area contributed by atoms with Crippen molar-refractivity contribution in [3.63, 3.8) is 0 Å². The molecule has 0 amide bonds. The second-order valence-corrected chi connectivity index (χ2v) is 4.45. The molecular weight excluding hydrogens is 316 g/mol. The molecule has 0 saturated carbocycles. The smallest absolute Gasteiger partial charge is 0.417 e. The van der Waals surface area contributed by atoms with Crippen LogP contribution in [0.15, 0.2) is 30.5 Å². The van der Waals surface area contributed by atoms with Crippen LogP contribution in [0.4, 0.5) is 13.2 Å². The van der Waals surface area contributed by atoms with E-state index in [0.29, 0.717) is 0 Å². The summed E-state index contributed by atoms with van der Waals surface area (Å²) in [6, 6.07) is 5.06. The largest absolute Gasteiger partial charge is 0.473 e. The van der Waals surface area contributed by atoms with E-state index < -0.39 is 11.7 Å². The molecule has 8 heteroatoms. The Morgan fingerprint density at radius 3 is 2.55 bits per heavy atom. The summed E-state index contributed by atoms with van der Waals surface area (Å²) in [5.74, 6) is 0.151. The number of hydrogen-bond donors (Lipinski definition) is 0. The van der Waals surface area contributed by atoms with Crippen molar-refractivity contribution in [3.8, 4) is 5.88 Å². The number of aromatic nitrogens is 2. The minimum Gasteiger partial charge on any atom is -0.473 e. The average molecular weight is 323 g/mol. The van der Waals surface area contributed by atoms with E-state index in [-0.39, 0.29) is 28.4 Å². The van der Waals surface area contributed by atoms with Gasteiger partial charge in [0.2, 0.25) is 11.2 Å². The van der Waals surface area contributed by atoms with Gasteiger partial charge in [-0.15, -0.1) is 0 Å². The Morgan fingerprint density at radius 1 is 1.15 bits per heavy atom. The van der Waals surface area contributed by atoms with Gasteiger partial charge in [0.25, 0.3) is 0 Å². The highest BCUT2D eigenvalue weighted by molar-refractivity contribution is 6.32. The van der Waals surface area contributed by atoms with Gasteiger partial charge in [-0.1, -0.05) is 23.7 Å². The fourth-order valence-electron chi connectivity index (χ4n) is 1.46. The molecule has 0 bridgehead atoms. The van der Waals surface area contributed by atoms with Crippen LogP contribution in [0.3, 0.4) is 0 Å². The molecule has 2 rings (SSSR count). The SMILES string of the molecule is FC(F)(F)c1cccc(COc2ccnc(Cl)n2)c1Cl. The quantitative estimate of drug-likeness (QED) is 0.786. The first kappa shape index (κ1) is 14.9. The molecule has 3 nitrogen and oxygen atoms in total. The molecule has 106 valence electrons. The number of benzene rings is 1. The third kappa shape index (κ3) is 3.52. The van der Waals surface area contributed by atoms with Crippen molar-refractivity contribution in [1.29, 1.82) is 0 Å². The predicted octanol–water partition coefficient (Wildman–Crippen LogP) is 4.38. The van der Waals surface area contributed by atoms with Gasteiger partial charge in [-0.25, -0.2) is 4.98 Å². The summed E-state index contributed by atoms with van der Waals surface area (Å²) in [5.41, 5.74) is -0.697. The first-order chi connectivity index (χ1) is 9.38. The minimum atomic E-state index is -4.51. The number of nitrogens with zero attached hydrogens (tertiary/aromatic N) is 2. The van der Waals surface area contributed by atoms with E-state index in [1.165, 1.54) is 24.4 Å². The van der Waals surface area contributed by atoms with Gasteiger partial charge in [-0.2, -0.15) is 18.2 Å². The highest BCUT2D eigenvalue weighted by atomic mass is 35.5. The molecule has 0 atom stereocenters. The molecule has 0 saturated heterocycles. The van der Waals surface area contributed by atoms with Crippen molar-refractivity contribution in [2.75, 3.05) is 0 Å². The summed E-state index contributed by atoms with van der Waals surface area (Å²) in [6.45, 7) is -0.157. The Hall–Kier alpha value is -1.53. The molecule has 20 heavy (non-hydrogen) atoms. The molecule has 1 aromatic heterocycles. The van der Waals surface area contributed by atoms with Crippen LogP contribution in [0.2, 0.25) is 10.3 Å². The third-order valence-corrected chi connectivity index (χ3v) is 2.99. The van der Waals surface area contributed by atoms with E-state index in [1.807, 2.05) is 0 Å². The lowest BCUT2D eigenvalue weighted by Crippen LogP contribution is -2.08. The maximum absolute atomic E-state index is 12.7. The van der Waals surface area contributed by atoms with Gasteiger partial charge in [-0.3, -0.25) is 0 Å². The molecule has 0 radical (unpaired) electrons. The lowest BCUT2D eigenvalue weighted by molar-refractivity contribution is -0.137. The zero-order valence-electron chi connectivity index (χ0n) is 9.79. The monoisotopic (exact) mass is 322 g/mol. The van der Waals surface area contributed by atoms with Crippen LogP contribution < -0.4 is 4.74 Å². The molecule has 0 fully saturated rings. The van der Waals surface area contributed by atoms with E-state index >= 15 is 0 Å². The predicted molar refractivity (Wildman–Crippen MR) is 67.8 cm³/mol. The fourth-order valence-corrected chi connectivity index (χ4v) is 1.89. The molecule has 0 spiro atoms. The van der Waals surface area contributed by atoms with Crippen LogP contribution in [-0.2, 0) is 12.8 Å². The summed E-state index contributed by atoms with van der Waals surface area (Å²) in [6.07, 6.45) is -3.14. The second kappa shape index (κ2) is 5.85. The van der Waals surface area contributed by atoms with Crippen molar-refractivity contribution < 1.29 is 17.9 Å². The standard InChI is InChI=1S/C12H7Cl2F3N2O/c13-10-7(2-1-3-8(10)12(15,16)17)6-20-9-4-5-18-11(14)19-9/h1-5H,6H2. The summed E-state index contributed by atoms with van der Waals surface area (Å²) in [4.78, 5) is 7.41. The summed E-state index contributed by atoms with van der Waals surface area (Å²) < 4.78 is 43.3.